The number of carbonyl (C=O) groups excluding carboxylic acids is 2. The van der Waals surface area contributed by atoms with Crippen LogP contribution >= 0.6 is 0 Å². The summed E-state index contributed by atoms with van der Waals surface area (Å²) in [5.74, 6) is 0. The molecular formula is C20H30N2O4. The lowest BCUT2D eigenvalue weighted by molar-refractivity contribution is 0.0117. The van der Waals surface area contributed by atoms with Crippen LogP contribution < -0.4 is 5.32 Å². The molecule has 1 N–H and O–H groups in total. The Hall–Kier alpha value is -2.24. The highest BCUT2D eigenvalue weighted by Gasteiger charge is 2.34. The van der Waals surface area contributed by atoms with E-state index in [2.05, 4.69) is 12.2 Å². The lowest BCUT2D eigenvalue weighted by Gasteiger charge is -2.39. The SMILES string of the molecule is CC1(CNC(=O)OCc2ccccc2)CCN(C(=O)OC(C)(C)C)CC1. The van der Waals surface area contributed by atoms with Gasteiger partial charge in [0, 0.05) is 19.6 Å². The maximum absolute atomic E-state index is 12.1. The predicted octanol–water partition coefficient (Wildman–Crippen LogP) is 3.95. The van der Waals surface area contributed by atoms with E-state index in [0.717, 1.165) is 18.4 Å². The summed E-state index contributed by atoms with van der Waals surface area (Å²) in [5.41, 5.74) is 0.422. The first-order valence-corrected chi connectivity index (χ1v) is 9.09. The number of benzene rings is 1. The summed E-state index contributed by atoms with van der Waals surface area (Å²) in [4.78, 5) is 25.8. The molecule has 2 amide bonds. The highest BCUT2D eigenvalue weighted by Crippen LogP contribution is 2.30. The van der Waals surface area contributed by atoms with Crippen LogP contribution in [0.25, 0.3) is 0 Å². The molecule has 0 atom stereocenters. The molecule has 1 saturated heterocycles. The highest BCUT2D eigenvalue weighted by atomic mass is 16.6. The van der Waals surface area contributed by atoms with Crippen molar-refractivity contribution in [1.82, 2.24) is 10.2 Å². The van der Waals surface area contributed by atoms with Gasteiger partial charge in [0.25, 0.3) is 0 Å². The third kappa shape index (κ3) is 6.58. The first-order valence-electron chi connectivity index (χ1n) is 9.09. The Labute approximate surface area is 155 Å². The quantitative estimate of drug-likeness (QED) is 0.881. The minimum atomic E-state index is -0.484. The maximum Gasteiger partial charge on any atom is 0.410 e. The Morgan fingerprint density at radius 3 is 2.35 bits per heavy atom. The van der Waals surface area contributed by atoms with Crippen LogP contribution in [-0.2, 0) is 16.1 Å². The van der Waals surface area contributed by atoms with E-state index in [9.17, 15) is 9.59 Å². The number of rotatable bonds is 4. The average Bonchev–Trinajstić information content (AvgIpc) is 2.58. The molecule has 1 aliphatic heterocycles. The molecule has 1 aromatic carbocycles. The summed E-state index contributed by atoms with van der Waals surface area (Å²) >= 11 is 0. The number of carbonyl (C=O) groups is 2. The normalized spacial score (nSPS) is 16.7. The van der Waals surface area contributed by atoms with Crippen LogP contribution in [0, 0.1) is 5.41 Å². The molecule has 2 rings (SSSR count). The molecule has 0 spiro atoms. The minimum Gasteiger partial charge on any atom is -0.445 e. The molecule has 0 unspecified atom stereocenters. The zero-order valence-corrected chi connectivity index (χ0v) is 16.2. The summed E-state index contributed by atoms with van der Waals surface area (Å²) in [6.07, 6.45) is 0.940. The summed E-state index contributed by atoms with van der Waals surface area (Å²) in [5, 5.41) is 2.85. The van der Waals surface area contributed by atoms with E-state index >= 15 is 0 Å². The predicted molar refractivity (Wildman–Crippen MR) is 99.8 cm³/mol. The Bertz CT molecular complexity index is 602. The van der Waals surface area contributed by atoms with Gasteiger partial charge in [0.15, 0.2) is 0 Å². The molecule has 26 heavy (non-hydrogen) atoms. The third-order valence-electron chi connectivity index (χ3n) is 4.49. The summed E-state index contributed by atoms with van der Waals surface area (Å²) < 4.78 is 10.7. The largest absolute Gasteiger partial charge is 0.445 e. The second kappa shape index (κ2) is 8.43. The number of hydrogen-bond acceptors (Lipinski definition) is 4. The van der Waals surface area contributed by atoms with E-state index in [4.69, 9.17) is 9.47 Å². The minimum absolute atomic E-state index is 0.0513. The molecule has 1 fully saturated rings. The molecule has 0 radical (unpaired) electrons. The van der Waals surface area contributed by atoms with Gasteiger partial charge >= 0.3 is 12.2 Å². The molecule has 0 aliphatic carbocycles. The van der Waals surface area contributed by atoms with Crippen LogP contribution in [0.4, 0.5) is 9.59 Å². The molecule has 0 saturated carbocycles. The van der Waals surface area contributed by atoms with Gasteiger partial charge in [-0.3, -0.25) is 0 Å². The van der Waals surface area contributed by atoms with Crippen molar-refractivity contribution in [2.45, 2.75) is 52.7 Å². The second-order valence-corrected chi connectivity index (χ2v) is 8.19. The van der Waals surface area contributed by atoms with Crippen molar-refractivity contribution >= 4 is 12.2 Å². The van der Waals surface area contributed by atoms with Gasteiger partial charge in [-0.1, -0.05) is 37.3 Å². The van der Waals surface area contributed by atoms with E-state index in [-0.39, 0.29) is 18.1 Å². The summed E-state index contributed by atoms with van der Waals surface area (Å²) in [6, 6.07) is 9.59. The smallest absolute Gasteiger partial charge is 0.410 e. The van der Waals surface area contributed by atoms with Gasteiger partial charge in [-0.2, -0.15) is 0 Å². The van der Waals surface area contributed by atoms with Crippen molar-refractivity contribution in [3.05, 3.63) is 35.9 Å². The fraction of sp³-hybridized carbons (Fsp3) is 0.600. The second-order valence-electron chi connectivity index (χ2n) is 8.19. The third-order valence-corrected chi connectivity index (χ3v) is 4.49. The number of nitrogens with zero attached hydrogens (tertiary/aromatic N) is 1. The molecule has 1 aromatic rings. The molecule has 6 heteroatoms. The highest BCUT2D eigenvalue weighted by molar-refractivity contribution is 5.68. The van der Waals surface area contributed by atoms with Gasteiger partial charge in [0.1, 0.15) is 12.2 Å². The molecule has 6 nitrogen and oxygen atoms in total. The zero-order valence-electron chi connectivity index (χ0n) is 16.2. The molecular weight excluding hydrogens is 332 g/mol. The lowest BCUT2D eigenvalue weighted by Crippen LogP contribution is -2.47. The number of nitrogens with one attached hydrogen (secondary N) is 1. The van der Waals surface area contributed by atoms with Gasteiger partial charge in [-0.25, -0.2) is 9.59 Å². The van der Waals surface area contributed by atoms with Gasteiger partial charge in [-0.05, 0) is 44.6 Å². The first kappa shape index (κ1) is 20.1. The van der Waals surface area contributed by atoms with E-state index in [0.29, 0.717) is 19.6 Å². The van der Waals surface area contributed by atoms with Gasteiger partial charge in [0.2, 0.25) is 0 Å². The van der Waals surface area contributed by atoms with Crippen molar-refractivity contribution in [3.8, 4) is 0 Å². The van der Waals surface area contributed by atoms with E-state index in [1.807, 2.05) is 51.1 Å². The lowest BCUT2D eigenvalue weighted by atomic mass is 9.80. The van der Waals surface area contributed by atoms with Crippen LogP contribution in [0.1, 0.15) is 46.1 Å². The number of ether oxygens (including phenoxy) is 2. The van der Waals surface area contributed by atoms with Gasteiger partial charge in [0.05, 0.1) is 0 Å². The standard InChI is InChI=1S/C20H30N2O4/c1-19(2,3)26-18(24)22-12-10-20(4,11-13-22)15-21-17(23)25-14-16-8-6-5-7-9-16/h5-9H,10-15H2,1-4H3,(H,21,23). The van der Waals surface area contributed by atoms with Crippen molar-refractivity contribution < 1.29 is 19.1 Å². The zero-order chi connectivity index (χ0) is 19.2. The van der Waals surface area contributed by atoms with E-state index < -0.39 is 11.7 Å². The number of piperidine rings is 1. The molecule has 0 aromatic heterocycles. The van der Waals surface area contributed by atoms with E-state index in [1.165, 1.54) is 0 Å². The fourth-order valence-corrected chi connectivity index (χ4v) is 2.79. The van der Waals surface area contributed by atoms with E-state index in [1.54, 1.807) is 4.90 Å². The molecule has 1 heterocycles. The van der Waals surface area contributed by atoms with Crippen LogP contribution in [0.5, 0.6) is 0 Å². The van der Waals surface area contributed by atoms with Crippen molar-refractivity contribution in [2.75, 3.05) is 19.6 Å². The Kier molecular flexibility index (Phi) is 6.51. The van der Waals surface area contributed by atoms with Crippen molar-refractivity contribution in [1.29, 1.82) is 0 Å². The Balaban J connectivity index is 1.71. The Morgan fingerprint density at radius 1 is 1.15 bits per heavy atom. The van der Waals surface area contributed by atoms with Crippen LogP contribution in [-0.4, -0.2) is 42.3 Å². The number of alkyl carbamates (subject to hydrolysis) is 1. The number of amides is 2. The number of likely N-dealkylation sites (tertiary alicyclic amines) is 1. The van der Waals surface area contributed by atoms with Crippen LogP contribution in [0.15, 0.2) is 30.3 Å². The van der Waals surface area contributed by atoms with Crippen LogP contribution in [0.3, 0.4) is 0 Å². The fourth-order valence-electron chi connectivity index (χ4n) is 2.79. The van der Waals surface area contributed by atoms with Gasteiger partial charge in [-0.15, -0.1) is 0 Å². The molecule has 0 bridgehead atoms. The first-order chi connectivity index (χ1) is 12.2. The summed E-state index contributed by atoms with van der Waals surface area (Å²) in [6.45, 7) is 9.77. The van der Waals surface area contributed by atoms with Crippen molar-refractivity contribution in [2.24, 2.45) is 5.41 Å². The average molecular weight is 362 g/mol. The van der Waals surface area contributed by atoms with Crippen LogP contribution in [0.2, 0.25) is 0 Å². The monoisotopic (exact) mass is 362 g/mol. The van der Waals surface area contributed by atoms with Crippen molar-refractivity contribution in [3.63, 3.8) is 0 Å². The topological polar surface area (TPSA) is 67.9 Å². The Morgan fingerprint density at radius 2 is 1.77 bits per heavy atom. The maximum atomic E-state index is 12.1. The molecule has 144 valence electrons. The molecule has 1 aliphatic rings. The number of hydrogen-bond donors (Lipinski definition) is 1. The van der Waals surface area contributed by atoms with Gasteiger partial charge < -0.3 is 19.7 Å². The summed E-state index contributed by atoms with van der Waals surface area (Å²) in [7, 11) is 0.